The molecule has 0 aliphatic carbocycles. The van der Waals surface area contributed by atoms with Crippen LogP contribution in [0.25, 0.3) is 0 Å². The molecule has 2 saturated heterocycles. The summed E-state index contributed by atoms with van der Waals surface area (Å²) in [6.45, 7) is 4.21. The van der Waals surface area contributed by atoms with Crippen molar-refractivity contribution >= 4 is 17.0 Å². The number of amides is 1. The van der Waals surface area contributed by atoms with Gasteiger partial charge >= 0.3 is 0 Å². The van der Waals surface area contributed by atoms with Crippen LogP contribution in [-0.2, 0) is 0 Å². The Bertz CT molecular complexity index is 210. The number of hydrogen-bond acceptors (Lipinski definition) is 3. The van der Waals surface area contributed by atoms with Gasteiger partial charge in [0.15, 0.2) is 0 Å². The van der Waals surface area contributed by atoms with Gasteiger partial charge in [0.25, 0.3) is 5.24 Å². The molecule has 2 aliphatic rings. The molecule has 3 nitrogen and oxygen atoms in total. The topological polar surface area (TPSA) is 23.6 Å². The summed E-state index contributed by atoms with van der Waals surface area (Å²) in [7, 11) is 0. The first-order valence-electron chi connectivity index (χ1n) is 4.88. The number of hydrogen-bond donors (Lipinski definition) is 0. The zero-order valence-electron chi connectivity index (χ0n) is 8.03. The largest absolute Gasteiger partial charge is 0.331 e. The predicted octanol–water partition coefficient (Wildman–Crippen LogP) is 1.25. The van der Waals surface area contributed by atoms with Crippen molar-refractivity contribution < 1.29 is 4.79 Å². The highest BCUT2D eigenvalue weighted by Gasteiger charge is 2.31. The molecule has 2 aliphatic heterocycles. The minimum atomic E-state index is 0.242. The highest BCUT2D eigenvalue weighted by Crippen LogP contribution is 2.22. The van der Waals surface area contributed by atoms with Crippen LogP contribution < -0.4 is 0 Å². The molecule has 13 heavy (non-hydrogen) atoms. The molecule has 2 rings (SSSR count). The summed E-state index contributed by atoms with van der Waals surface area (Å²) in [6.07, 6.45) is 4.45. The van der Waals surface area contributed by atoms with Crippen LogP contribution in [0.4, 0.5) is 4.79 Å². The molecule has 0 aromatic heterocycles. The lowest BCUT2D eigenvalue weighted by Gasteiger charge is -2.37. The van der Waals surface area contributed by atoms with Crippen LogP contribution in [0.5, 0.6) is 0 Å². The Hall–Kier alpha value is -0.220. The second-order valence-corrected chi connectivity index (χ2v) is 4.51. The van der Waals surface area contributed by atoms with Gasteiger partial charge in [-0.15, -0.1) is 0 Å². The van der Waals surface area contributed by atoms with Gasteiger partial charge in [0.1, 0.15) is 0 Å². The van der Waals surface area contributed by atoms with Gasteiger partial charge in [-0.25, -0.2) is 0 Å². The first-order chi connectivity index (χ1) is 6.31. The summed E-state index contributed by atoms with van der Waals surface area (Å²) >= 11 is 1.33. The van der Waals surface area contributed by atoms with Crippen LogP contribution in [0.15, 0.2) is 0 Å². The van der Waals surface area contributed by atoms with Gasteiger partial charge in [0.05, 0.1) is 0 Å². The van der Waals surface area contributed by atoms with Gasteiger partial charge in [0.2, 0.25) is 0 Å². The minimum absolute atomic E-state index is 0.242. The Morgan fingerprint density at radius 3 is 3.00 bits per heavy atom. The Labute approximate surface area is 83.5 Å². The van der Waals surface area contributed by atoms with E-state index in [4.69, 9.17) is 0 Å². The number of thioether (sulfide) groups is 1. The number of carbonyl (C=O) groups excluding carboxylic acids is 1. The fraction of sp³-hybridized carbons (Fsp3) is 0.889. The fourth-order valence-corrected chi connectivity index (χ4v) is 2.71. The molecule has 2 heterocycles. The second-order valence-electron chi connectivity index (χ2n) is 3.75. The van der Waals surface area contributed by atoms with E-state index in [2.05, 4.69) is 4.90 Å². The smallest absolute Gasteiger partial charge is 0.281 e. The third-order valence-corrected chi connectivity index (χ3v) is 3.63. The van der Waals surface area contributed by atoms with E-state index < -0.39 is 0 Å². The van der Waals surface area contributed by atoms with E-state index in [1.807, 2.05) is 11.2 Å². The van der Waals surface area contributed by atoms with Gasteiger partial charge in [0, 0.05) is 25.7 Å². The predicted molar refractivity (Wildman–Crippen MR) is 55.1 cm³/mol. The Morgan fingerprint density at radius 2 is 2.23 bits per heavy atom. The minimum Gasteiger partial charge on any atom is -0.331 e. The molecule has 0 saturated carbocycles. The molecule has 0 aromatic carbocycles. The van der Waals surface area contributed by atoms with Gasteiger partial charge in [-0.05, 0) is 25.6 Å². The molecule has 1 amide bonds. The second kappa shape index (κ2) is 3.88. The van der Waals surface area contributed by atoms with Crippen LogP contribution in [0.3, 0.4) is 0 Å². The summed E-state index contributed by atoms with van der Waals surface area (Å²) in [5.41, 5.74) is 0. The van der Waals surface area contributed by atoms with Crippen LogP contribution in [0, 0.1) is 0 Å². The van der Waals surface area contributed by atoms with Gasteiger partial charge in [-0.3, -0.25) is 9.69 Å². The molecule has 0 aromatic rings. The highest BCUT2D eigenvalue weighted by molar-refractivity contribution is 8.12. The monoisotopic (exact) mass is 200 g/mol. The van der Waals surface area contributed by atoms with E-state index in [0.29, 0.717) is 6.04 Å². The summed E-state index contributed by atoms with van der Waals surface area (Å²) in [6, 6.07) is 0.657. The maximum Gasteiger partial charge on any atom is 0.281 e. The Kier molecular flexibility index (Phi) is 2.79. The van der Waals surface area contributed by atoms with Crippen molar-refractivity contribution in [2.75, 3.05) is 32.4 Å². The number of piperazine rings is 1. The summed E-state index contributed by atoms with van der Waals surface area (Å²) < 4.78 is 0. The molecule has 4 heteroatoms. The maximum atomic E-state index is 11.4. The molecule has 2 fully saturated rings. The van der Waals surface area contributed by atoms with Crippen molar-refractivity contribution in [2.45, 2.75) is 18.9 Å². The summed E-state index contributed by atoms with van der Waals surface area (Å²) in [5, 5.41) is 0.242. The van der Waals surface area contributed by atoms with E-state index in [1.165, 1.54) is 31.1 Å². The molecule has 1 unspecified atom stereocenters. The van der Waals surface area contributed by atoms with E-state index in [9.17, 15) is 4.79 Å². The molecule has 0 radical (unpaired) electrons. The molecule has 0 spiro atoms. The fourth-order valence-electron chi connectivity index (χ4n) is 2.29. The SMILES string of the molecule is CSC(=O)N1CCN2CCCC2C1. The standard InChI is InChI=1S/C9H16N2OS/c1-13-9(12)11-6-5-10-4-2-3-8(10)7-11/h8H,2-7H2,1H3. The number of nitrogens with zero attached hydrogens (tertiary/aromatic N) is 2. The number of fused-ring (bicyclic) bond motifs is 1. The van der Waals surface area contributed by atoms with Crippen LogP contribution >= 0.6 is 11.8 Å². The lowest BCUT2D eigenvalue weighted by Crippen LogP contribution is -2.51. The van der Waals surface area contributed by atoms with E-state index in [0.717, 1.165) is 19.6 Å². The molecule has 1 atom stereocenters. The van der Waals surface area contributed by atoms with Crippen molar-refractivity contribution in [3.63, 3.8) is 0 Å². The van der Waals surface area contributed by atoms with Gasteiger partial charge in [-0.1, -0.05) is 11.8 Å². The van der Waals surface area contributed by atoms with E-state index in [1.54, 1.807) is 0 Å². The molecular formula is C9H16N2OS. The quantitative estimate of drug-likeness (QED) is 0.588. The Balaban J connectivity index is 1.93. The zero-order valence-corrected chi connectivity index (χ0v) is 8.85. The average Bonchev–Trinajstić information content (AvgIpc) is 2.63. The molecule has 0 N–H and O–H groups in total. The normalized spacial score (nSPS) is 29.0. The maximum absolute atomic E-state index is 11.4. The highest BCUT2D eigenvalue weighted by atomic mass is 32.2. The third kappa shape index (κ3) is 1.83. The summed E-state index contributed by atoms with van der Waals surface area (Å²) in [4.78, 5) is 15.9. The average molecular weight is 200 g/mol. The van der Waals surface area contributed by atoms with Crippen LogP contribution in [0.1, 0.15) is 12.8 Å². The van der Waals surface area contributed by atoms with Crippen molar-refractivity contribution in [1.29, 1.82) is 0 Å². The lowest BCUT2D eigenvalue weighted by atomic mass is 10.2. The van der Waals surface area contributed by atoms with Crippen molar-refractivity contribution in [3.8, 4) is 0 Å². The van der Waals surface area contributed by atoms with Crippen molar-refractivity contribution in [3.05, 3.63) is 0 Å². The molecule has 74 valence electrons. The van der Waals surface area contributed by atoms with Crippen LogP contribution in [0.2, 0.25) is 0 Å². The lowest BCUT2D eigenvalue weighted by molar-refractivity contribution is 0.130. The molecule has 0 bridgehead atoms. The van der Waals surface area contributed by atoms with E-state index in [-0.39, 0.29) is 5.24 Å². The first-order valence-corrected chi connectivity index (χ1v) is 6.10. The number of carbonyl (C=O) groups is 1. The van der Waals surface area contributed by atoms with E-state index >= 15 is 0 Å². The zero-order chi connectivity index (χ0) is 9.26. The number of rotatable bonds is 0. The van der Waals surface area contributed by atoms with Gasteiger partial charge < -0.3 is 4.90 Å². The van der Waals surface area contributed by atoms with Crippen molar-refractivity contribution in [2.24, 2.45) is 0 Å². The first kappa shape index (κ1) is 9.34. The molecular weight excluding hydrogens is 184 g/mol. The van der Waals surface area contributed by atoms with Crippen molar-refractivity contribution in [1.82, 2.24) is 9.80 Å². The van der Waals surface area contributed by atoms with Gasteiger partial charge in [-0.2, -0.15) is 0 Å². The third-order valence-electron chi connectivity index (χ3n) is 3.02. The Morgan fingerprint density at radius 1 is 1.38 bits per heavy atom. The summed E-state index contributed by atoms with van der Waals surface area (Å²) in [5.74, 6) is 0. The van der Waals surface area contributed by atoms with Crippen LogP contribution in [-0.4, -0.2) is 53.5 Å².